The van der Waals surface area contributed by atoms with Gasteiger partial charge in [-0.2, -0.15) is 0 Å². The summed E-state index contributed by atoms with van der Waals surface area (Å²) in [6, 6.07) is 5.71. The summed E-state index contributed by atoms with van der Waals surface area (Å²) in [5.74, 6) is -0.859. The Hall–Kier alpha value is -3.14. The highest BCUT2D eigenvalue weighted by Gasteiger charge is 2.20. The van der Waals surface area contributed by atoms with Crippen LogP contribution in [0.3, 0.4) is 0 Å². The number of methoxy groups -OCH3 is 1. The standard InChI is InChI=1S/C18H22N4O5S/c1-27-13-5-2-4-11(8-13)16-21-12(10-28-16)9-15(23)22-14(17(24)25)6-3-7-20-18(19)26/h2,4-5,8,10,14H,3,6-7,9H2,1H3,(H,22,23)(H,24,25)(H3,19,20,26)/t14-/m1/s1. The van der Waals surface area contributed by atoms with E-state index >= 15 is 0 Å². The lowest BCUT2D eigenvalue weighted by atomic mass is 10.1. The maximum absolute atomic E-state index is 12.2. The molecule has 3 amide bonds. The molecule has 0 radical (unpaired) electrons. The summed E-state index contributed by atoms with van der Waals surface area (Å²) in [6.45, 7) is 0.241. The van der Waals surface area contributed by atoms with Gasteiger partial charge in [0, 0.05) is 17.5 Å². The second-order valence-electron chi connectivity index (χ2n) is 5.94. The van der Waals surface area contributed by atoms with Gasteiger partial charge < -0.3 is 26.2 Å². The van der Waals surface area contributed by atoms with Crippen molar-refractivity contribution in [1.29, 1.82) is 0 Å². The third-order valence-electron chi connectivity index (χ3n) is 3.81. The van der Waals surface area contributed by atoms with E-state index in [4.69, 9.17) is 10.5 Å². The lowest BCUT2D eigenvalue weighted by Gasteiger charge is -2.14. The quantitative estimate of drug-likeness (QED) is 0.439. The average Bonchev–Trinajstić information content (AvgIpc) is 3.12. The van der Waals surface area contributed by atoms with Crippen LogP contribution in [0.1, 0.15) is 18.5 Å². The van der Waals surface area contributed by atoms with E-state index in [9.17, 15) is 19.5 Å². The van der Waals surface area contributed by atoms with Crippen LogP contribution in [0, 0.1) is 0 Å². The van der Waals surface area contributed by atoms with E-state index in [1.807, 2.05) is 24.3 Å². The van der Waals surface area contributed by atoms with Crippen molar-refractivity contribution in [3.8, 4) is 16.3 Å². The molecule has 1 atom stereocenters. The fourth-order valence-electron chi connectivity index (χ4n) is 2.46. The van der Waals surface area contributed by atoms with Crippen LogP contribution >= 0.6 is 11.3 Å². The minimum absolute atomic E-state index is 0.0240. The van der Waals surface area contributed by atoms with Gasteiger partial charge in [0.25, 0.3) is 0 Å². The zero-order valence-electron chi connectivity index (χ0n) is 15.3. The van der Waals surface area contributed by atoms with Crippen LogP contribution in [0.2, 0.25) is 0 Å². The molecule has 5 N–H and O–H groups in total. The fourth-order valence-corrected chi connectivity index (χ4v) is 3.28. The molecular weight excluding hydrogens is 384 g/mol. The van der Waals surface area contributed by atoms with E-state index in [1.54, 1.807) is 12.5 Å². The Balaban J connectivity index is 1.91. The molecule has 150 valence electrons. The number of urea groups is 1. The van der Waals surface area contributed by atoms with Gasteiger partial charge in [0.05, 0.1) is 19.2 Å². The highest BCUT2D eigenvalue weighted by Crippen LogP contribution is 2.27. The van der Waals surface area contributed by atoms with Crippen molar-refractivity contribution in [2.75, 3.05) is 13.7 Å². The zero-order chi connectivity index (χ0) is 20.5. The first-order valence-corrected chi connectivity index (χ1v) is 9.41. The molecular formula is C18H22N4O5S. The van der Waals surface area contributed by atoms with Crippen molar-refractivity contribution in [3.63, 3.8) is 0 Å². The van der Waals surface area contributed by atoms with Crippen LogP contribution < -0.4 is 21.1 Å². The molecule has 0 unspecified atom stereocenters. The predicted molar refractivity (Wildman–Crippen MR) is 104 cm³/mol. The number of thiazole rings is 1. The van der Waals surface area contributed by atoms with E-state index in [2.05, 4.69) is 15.6 Å². The number of nitrogens with zero attached hydrogens (tertiary/aromatic N) is 1. The van der Waals surface area contributed by atoms with Crippen molar-refractivity contribution < 1.29 is 24.2 Å². The Kier molecular flexibility index (Phi) is 7.76. The van der Waals surface area contributed by atoms with Crippen LogP contribution in [0.4, 0.5) is 4.79 Å². The van der Waals surface area contributed by atoms with Crippen molar-refractivity contribution in [2.24, 2.45) is 5.73 Å². The SMILES string of the molecule is COc1cccc(-c2nc(CC(=O)N[C@H](CCCNC(N)=O)C(=O)O)cs2)c1. The van der Waals surface area contributed by atoms with Crippen LogP contribution in [0.5, 0.6) is 5.75 Å². The summed E-state index contributed by atoms with van der Waals surface area (Å²) in [5.41, 5.74) is 6.38. The molecule has 9 nitrogen and oxygen atoms in total. The van der Waals surface area contributed by atoms with E-state index < -0.39 is 23.9 Å². The Morgan fingerprint density at radius 1 is 1.36 bits per heavy atom. The van der Waals surface area contributed by atoms with Gasteiger partial charge in [0.2, 0.25) is 5.91 Å². The third kappa shape index (κ3) is 6.54. The Bertz CT molecular complexity index is 839. The van der Waals surface area contributed by atoms with Gasteiger partial charge in [-0.3, -0.25) is 4.79 Å². The Morgan fingerprint density at radius 3 is 2.82 bits per heavy atom. The average molecular weight is 406 g/mol. The Labute approximate surface area is 165 Å². The van der Waals surface area contributed by atoms with Crippen LogP contribution in [0.15, 0.2) is 29.6 Å². The number of rotatable bonds is 10. The molecule has 1 heterocycles. The van der Waals surface area contributed by atoms with Crippen molar-refractivity contribution in [3.05, 3.63) is 35.3 Å². The maximum Gasteiger partial charge on any atom is 0.326 e. The lowest BCUT2D eigenvalue weighted by Crippen LogP contribution is -2.42. The summed E-state index contributed by atoms with van der Waals surface area (Å²) in [6.07, 6.45) is 0.522. The summed E-state index contributed by atoms with van der Waals surface area (Å²) < 4.78 is 5.19. The highest BCUT2D eigenvalue weighted by molar-refractivity contribution is 7.13. The predicted octanol–water partition coefficient (Wildman–Crippen LogP) is 1.38. The maximum atomic E-state index is 12.2. The van der Waals surface area contributed by atoms with E-state index in [0.29, 0.717) is 17.9 Å². The van der Waals surface area contributed by atoms with Gasteiger partial charge in [-0.15, -0.1) is 11.3 Å². The normalized spacial score (nSPS) is 11.5. The van der Waals surface area contributed by atoms with E-state index in [1.165, 1.54) is 11.3 Å². The van der Waals surface area contributed by atoms with Crippen LogP contribution in [-0.2, 0) is 16.0 Å². The molecule has 0 saturated carbocycles. The zero-order valence-corrected chi connectivity index (χ0v) is 16.1. The third-order valence-corrected chi connectivity index (χ3v) is 4.75. The number of hydrogen-bond donors (Lipinski definition) is 4. The van der Waals surface area contributed by atoms with Gasteiger partial charge in [0.1, 0.15) is 16.8 Å². The second-order valence-corrected chi connectivity index (χ2v) is 6.80. The molecule has 1 aromatic carbocycles. The molecule has 10 heteroatoms. The Morgan fingerprint density at radius 2 is 2.14 bits per heavy atom. The number of nitrogens with one attached hydrogen (secondary N) is 2. The van der Waals surface area contributed by atoms with Gasteiger partial charge in [-0.1, -0.05) is 12.1 Å². The largest absolute Gasteiger partial charge is 0.497 e. The minimum Gasteiger partial charge on any atom is -0.497 e. The number of ether oxygens (including phenoxy) is 1. The molecule has 0 bridgehead atoms. The molecule has 28 heavy (non-hydrogen) atoms. The summed E-state index contributed by atoms with van der Waals surface area (Å²) >= 11 is 1.39. The summed E-state index contributed by atoms with van der Waals surface area (Å²) in [5, 5.41) is 16.6. The molecule has 0 aliphatic heterocycles. The van der Waals surface area contributed by atoms with Gasteiger partial charge in [-0.05, 0) is 25.0 Å². The number of aromatic nitrogens is 1. The molecule has 0 aliphatic rings. The highest BCUT2D eigenvalue weighted by atomic mass is 32.1. The number of carboxylic acid groups (broad SMARTS) is 1. The number of aliphatic carboxylic acids is 1. The number of nitrogens with two attached hydrogens (primary N) is 1. The van der Waals surface area contributed by atoms with Gasteiger partial charge in [-0.25, -0.2) is 14.6 Å². The molecule has 1 aromatic heterocycles. The fraction of sp³-hybridized carbons (Fsp3) is 0.333. The number of primary amides is 1. The van der Waals surface area contributed by atoms with Gasteiger partial charge in [0.15, 0.2) is 0 Å². The minimum atomic E-state index is -1.14. The number of benzene rings is 1. The van der Waals surface area contributed by atoms with E-state index in [0.717, 1.165) is 10.6 Å². The second kappa shape index (κ2) is 10.3. The first-order valence-electron chi connectivity index (χ1n) is 8.53. The van der Waals surface area contributed by atoms with Crippen LogP contribution in [0.25, 0.3) is 10.6 Å². The number of hydrogen-bond acceptors (Lipinski definition) is 6. The first kappa shape index (κ1) is 21.2. The molecule has 2 aromatic rings. The molecule has 0 spiro atoms. The molecule has 0 fully saturated rings. The number of amides is 3. The van der Waals surface area contributed by atoms with Crippen molar-refractivity contribution in [1.82, 2.24) is 15.6 Å². The lowest BCUT2D eigenvalue weighted by molar-refractivity contribution is -0.141. The first-order chi connectivity index (χ1) is 13.4. The van der Waals surface area contributed by atoms with E-state index in [-0.39, 0.29) is 19.4 Å². The summed E-state index contributed by atoms with van der Waals surface area (Å²) in [7, 11) is 1.58. The van der Waals surface area contributed by atoms with Crippen molar-refractivity contribution in [2.45, 2.75) is 25.3 Å². The monoisotopic (exact) mass is 406 g/mol. The van der Waals surface area contributed by atoms with Gasteiger partial charge >= 0.3 is 12.0 Å². The van der Waals surface area contributed by atoms with Crippen molar-refractivity contribution >= 4 is 29.2 Å². The summed E-state index contributed by atoms with van der Waals surface area (Å²) in [4.78, 5) is 38.6. The number of carbonyl (C=O) groups excluding carboxylic acids is 2. The number of carboxylic acids is 1. The smallest absolute Gasteiger partial charge is 0.326 e. The topological polar surface area (TPSA) is 144 Å². The molecule has 0 saturated heterocycles. The molecule has 2 rings (SSSR count). The number of carbonyl (C=O) groups is 3. The van der Waals surface area contributed by atoms with Crippen LogP contribution in [-0.4, -0.2) is 47.7 Å². The molecule has 0 aliphatic carbocycles.